The number of para-hydroxylation sites is 1. The van der Waals surface area contributed by atoms with Gasteiger partial charge in [0, 0.05) is 11.8 Å². The molecule has 1 amide bonds. The molecule has 0 fully saturated rings. The summed E-state index contributed by atoms with van der Waals surface area (Å²) in [4.78, 5) is 13.2. The zero-order chi connectivity index (χ0) is 25.6. The Morgan fingerprint density at radius 3 is 2.35 bits per heavy atom. The fraction of sp³-hybridized carbons (Fsp3) is 0.143. The van der Waals surface area contributed by atoms with Gasteiger partial charge in [-0.2, -0.15) is 5.10 Å². The van der Waals surface area contributed by atoms with Gasteiger partial charge in [-0.15, -0.1) is 5.10 Å². The highest BCUT2D eigenvalue weighted by molar-refractivity contribution is 5.99. The number of carbonyl (C=O) groups excluding carboxylic acids is 1. The maximum absolute atomic E-state index is 13.2. The summed E-state index contributed by atoms with van der Waals surface area (Å²) in [5.74, 6) is 1.08. The highest BCUT2D eigenvalue weighted by atomic mass is 16.5. The maximum atomic E-state index is 13.2. The lowest BCUT2D eigenvalue weighted by Gasteiger charge is -2.09. The molecule has 0 bridgehead atoms. The second-order valence-electron chi connectivity index (χ2n) is 8.32. The van der Waals surface area contributed by atoms with Gasteiger partial charge in [0.25, 0.3) is 5.91 Å². The highest BCUT2D eigenvalue weighted by Gasteiger charge is 2.19. The fourth-order valence-electron chi connectivity index (χ4n) is 3.99. The number of ether oxygens (including phenoxy) is 2. The molecule has 0 unspecified atom stereocenters. The van der Waals surface area contributed by atoms with Crippen molar-refractivity contribution in [3.8, 4) is 28.4 Å². The van der Waals surface area contributed by atoms with E-state index < -0.39 is 0 Å². The van der Waals surface area contributed by atoms with Crippen LogP contribution < -0.4 is 14.8 Å². The molecular weight excluding hydrogens is 468 g/mol. The van der Waals surface area contributed by atoms with Crippen molar-refractivity contribution in [3.63, 3.8) is 0 Å². The molecule has 3 aromatic carbocycles. The highest BCUT2D eigenvalue weighted by Crippen LogP contribution is 2.28. The van der Waals surface area contributed by atoms with E-state index in [1.165, 1.54) is 0 Å². The van der Waals surface area contributed by atoms with Crippen molar-refractivity contribution in [2.75, 3.05) is 14.2 Å². The van der Waals surface area contributed by atoms with Crippen LogP contribution in [0.15, 0.2) is 91.3 Å². The number of amides is 1. The molecule has 2 aromatic heterocycles. The Labute approximate surface area is 214 Å². The van der Waals surface area contributed by atoms with Gasteiger partial charge < -0.3 is 14.8 Å². The normalized spacial score (nSPS) is 10.8. The van der Waals surface area contributed by atoms with Crippen LogP contribution >= 0.6 is 0 Å². The first kappa shape index (κ1) is 23.8. The number of benzene rings is 3. The van der Waals surface area contributed by atoms with Crippen molar-refractivity contribution in [2.45, 2.75) is 13.1 Å². The van der Waals surface area contributed by atoms with Gasteiger partial charge in [-0.05, 0) is 29.8 Å². The van der Waals surface area contributed by atoms with Crippen LogP contribution in [0.2, 0.25) is 0 Å². The molecule has 0 atom stereocenters. The third-order valence-electron chi connectivity index (χ3n) is 5.84. The lowest BCUT2D eigenvalue weighted by atomic mass is 10.1. The van der Waals surface area contributed by atoms with Crippen molar-refractivity contribution in [3.05, 3.63) is 108 Å². The van der Waals surface area contributed by atoms with E-state index in [0.29, 0.717) is 35.0 Å². The zero-order valence-corrected chi connectivity index (χ0v) is 20.5. The van der Waals surface area contributed by atoms with Gasteiger partial charge in [-0.25, -0.2) is 9.36 Å². The Balaban J connectivity index is 1.31. The minimum atomic E-state index is -0.240. The second kappa shape index (κ2) is 10.8. The van der Waals surface area contributed by atoms with Crippen molar-refractivity contribution in [2.24, 2.45) is 0 Å². The van der Waals surface area contributed by atoms with Gasteiger partial charge >= 0.3 is 0 Å². The van der Waals surface area contributed by atoms with E-state index in [0.717, 1.165) is 16.8 Å². The van der Waals surface area contributed by atoms with Crippen LogP contribution in [0, 0.1) is 0 Å². The van der Waals surface area contributed by atoms with E-state index in [4.69, 9.17) is 14.6 Å². The number of nitrogens with zero attached hydrogens (tertiary/aromatic N) is 5. The predicted molar refractivity (Wildman–Crippen MR) is 139 cm³/mol. The third kappa shape index (κ3) is 5.35. The molecule has 1 N–H and O–H groups in total. The lowest BCUT2D eigenvalue weighted by molar-refractivity contribution is 0.0951. The molecule has 0 saturated carbocycles. The Morgan fingerprint density at radius 1 is 0.892 bits per heavy atom. The minimum absolute atomic E-state index is 0.232. The molecule has 0 aliphatic carbocycles. The molecular formula is C28H26N6O3. The Morgan fingerprint density at radius 2 is 1.62 bits per heavy atom. The number of rotatable bonds is 9. The summed E-state index contributed by atoms with van der Waals surface area (Å²) in [5.41, 5.74) is 4.45. The zero-order valence-electron chi connectivity index (χ0n) is 20.5. The van der Waals surface area contributed by atoms with Gasteiger partial charge in [0.1, 0.15) is 11.4 Å². The largest absolute Gasteiger partial charge is 0.493 e. The lowest BCUT2D eigenvalue weighted by Crippen LogP contribution is -2.23. The molecule has 0 radical (unpaired) electrons. The maximum Gasteiger partial charge on any atom is 0.255 e. The third-order valence-corrected chi connectivity index (χ3v) is 5.84. The Hall–Kier alpha value is -4.92. The molecule has 0 spiro atoms. The van der Waals surface area contributed by atoms with Gasteiger partial charge in [0.2, 0.25) is 0 Å². The summed E-state index contributed by atoms with van der Waals surface area (Å²) in [6.07, 6.45) is 3.56. The number of nitrogens with one attached hydrogen (secondary N) is 1. The van der Waals surface area contributed by atoms with Crippen LogP contribution in [0.25, 0.3) is 16.9 Å². The standard InChI is InChI=1S/C28H26N6O3/c1-36-25-14-13-20(15-26(25)37-2)17-33-18-22(30-32-33)16-29-28(35)24-19-34(23-11-7-4-8-12-23)31-27(24)21-9-5-3-6-10-21/h3-15,18-19H,16-17H2,1-2H3,(H,29,35). The monoisotopic (exact) mass is 494 g/mol. The van der Waals surface area contributed by atoms with Gasteiger partial charge in [0.15, 0.2) is 11.5 Å². The number of hydrogen-bond acceptors (Lipinski definition) is 6. The SMILES string of the molecule is COc1ccc(Cn2cc(CNC(=O)c3cn(-c4ccccc4)nc3-c3ccccc3)nn2)cc1OC. The van der Waals surface area contributed by atoms with Crippen molar-refractivity contribution >= 4 is 5.91 Å². The molecule has 186 valence electrons. The van der Waals surface area contributed by atoms with Crippen LogP contribution in [0.1, 0.15) is 21.6 Å². The molecule has 0 aliphatic heterocycles. The molecule has 5 aromatic rings. The van der Waals surface area contributed by atoms with Crippen LogP contribution in [0.3, 0.4) is 0 Å². The summed E-state index contributed by atoms with van der Waals surface area (Å²) in [6.45, 7) is 0.735. The molecule has 5 rings (SSSR count). The van der Waals surface area contributed by atoms with Crippen LogP contribution in [-0.2, 0) is 13.1 Å². The minimum Gasteiger partial charge on any atom is -0.493 e. The summed E-state index contributed by atoms with van der Waals surface area (Å²) < 4.78 is 14.1. The van der Waals surface area contributed by atoms with Crippen molar-refractivity contribution in [1.29, 1.82) is 0 Å². The number of carbonyl (C=O) groups is 1. The van der Waals surface area contributed by atoms with Crippen LogP contribution in [0.4, 0.5) is 0 Å². The summed E-state index contributed by atoms with van der Waals surface area (Å²) in [7, 11) is 3.20. The van der Waals surface area contributed by atoms with Gasteiger partial charge in [-0.3, -0.25) is 4.79 Å². The molecule has 0 aliphatic rings. The van der Waals surface area contributed by atoms with Crippen molar-refractivity contribution < 1.29 is 14.3 Å². The average molecular weight is 495 g/mol. The van der Waals surface area contributed by atoms with Crippen molar-refractivity contribution in [1.82, 2.24) is 30.1 Å². The molecule has 37 heavy (non-hydrogen) atoms. The molecule has 9 heteroatoms. The Bertz CT molecular complexity index is 1500. The van der Waals surface area contributed by atoms with Gasteiger partial charge in [-0.1, -0.05) is 59.8 Å². The molecule has 0 saturated heterocycles. The summed E-state index contributed by atoms with van der Waals surface area (Å²) >= 11 is 0. The van der Waals surface area contributed by atoms with Gasteiger partial charge in [0.05, 0.1) is 44.8 Å². The van der Waals surface area contributed by atoms with E-state index in [1.54, 1.807) is 29.8 Å². The second-order valence-corrected chi connectivity index (χ2v) is 8.32. The summed E-state index contributed by atoms with van der Waals surface area (Å²) in [5, 5.41) is 16.1. The first-order valence-corrected chi connectivity index (χ1v) is 11.7. The van der Waals surface area contributed by atoms with Crippen LogP contribution in [0.5, 0.6) is 11.5 Å². The van der Waals surface area contributed by atoms with E-state index in [1.807, 2.05) is 85.1 Å². The number of methoxy groups -OCH3 is 2. The topological polar surface area (TPSA) is 96.1 Å². The Kier molecular flexibility index (Phi) is 6.93. The molecule has 9 nitrogen and oxygen atoms in total. The first-order valence-electron chi connectivity index (χ1n) is 11.7. The molecule has 2 heterocycles. The predicted octanol–water partition coefficient (Wildman–Crippen LogP) is 4.13. The van der Waals surface area contributed by atoms with E-state index in [-0.39, 0.29) is 12.5 Å². The summed E-state index contributed by atoms with van der Waals surface area (Å²) in [6, 6.07) is 25.1. The first-order chi connectivity index (χ1) is 18.1. The number of hydrogen-bond donors (Lipinski definition) is 1. The van der Waals surface area contributed by atoms with Crippen LogP contribution in [-0.4, -0.2) is 44.9 Å². The smallest absolute Gasteiger partial charge is 0.255 e. The van der Waals surface area contributed by atoms with E-state index >= 15 is 0 Å². The quantitative estimate of drug-likeness (QED) is 0.331. The van der Waals surface area contributed by atoms with E-state index in [9.17, 15) is 4.79 Å². The number of aromatic nitrogens is 5. The average Bonchev–Trinajstić information content (AvgIpc) is 3.60. The van der Waals surface area contributed by atoms with E-state index in [2.05, 4.69) is 15.6 Å². The fourth-order valence-corrected chi connectivity index (χ4v) is 3.99.